The fraction of sp³-hybridized carbons (Fsp3) is 0.333. The van der Waals surface area contributed by atoms with Gasteiger partial charge in [-0.2, -0.15) is 0 Å². The lowest BCUT2D eigenvalue weighted by atomic mass is 10.3. The highest BCUT2D eigenvalue weighted by Crippen LogP contribution is 2.28. The number of nitrogens with one attached hydrogen (secondary N) is 1. The highest BCUT2D eigenvalue weighted by Gasteiger charge is 2.18. The van der Waals surface area contributed by atoms with Gasteiger partial charge in [0.2, 0.25) is 11.9 Å². The van der Waals surface area contributed by atoms with Crippen molar-refractivity contribution in [2.45, 2.75) is 20.4 Å². The molecule has 0 radical (unpaired) electrons. The number of hydrogen-bond acceptors (Lipinski definition) is 7. The largest absolute Gasteiger partial charge is 0.462 e. The lowest BCUT2D eigenvalue weighted by Gasteiger charge is -2.05. The zero-order valence-electron chi connectivity index (χ0n) is 11.6. The second-order valence-electron chi connectivity index (χ2n) is 4.17. The van der Waals surface area contributed by atoms with Crippen LogP contribution in [-0.2, 0) is 16.1 Å². The van der Waals surface area contributed by atoms with E-state index in [2.05, 4.69) is 15.4 Å². The van der Waals surface area contributed by atoms with Crippen LogP contribution in [-0.4, -0.2) is 33.2 Å². The number of nitrogens with two attached hydrogens (primary N) is 1. The van der Waals surface area contributed by atoms with Gasteiger partial charge < -0.3 is 15.8 Å². The molecule has 0 saturated carbocycles. The molecule has 2 aromatic rings. The molecule has 9 heteroatoms. The summed E-state index contributed by atoms with van der Waals surface area (Å²) in [5, 5.41) is 6.96. The van der Waals surface area contributed by atoms with Gasteiger partial charge >= 0.3 is 5.97 Å². The van der Waals surface area contributed by atoms with Crippen molar-refractivity contribution in [1.82, 2.24) is 14.8 Å². The number of aryl methyl sites for hydroxylation is 1. The predicted molar refractivity (Wildman–Crippen MR) is 78.1 cm³/mol. The molecule has 0 aliphatic rings. The smallest absolute Gasteiger partial charge is 0.341 e. The Labute approximate surface area is 124 Å². The first-order chi connectivity index (χ1) is 9.99. The Hall–Kier alpha value is -2.42. The van der Waals surface area contributed by atoms with Gasteiger partial charge in [-0.15, -0.1) is 16.4 Å². The molecule has 0 atom stereocenters. The Morgan fingerprint density at radius 2 is 2.29 bits per heavy atom. The van der Waals surface area contributed by atoms with E-state index in [4.69, 9.17) is 10.5 Å². The average Bonchev–Trinajstić information content (AvgIpc) is 2.96. The van der Waals surface area contributed by atoms with E-state index in [1.165, 1.54) is 22.3 Å². The third-order valence-corrected chi connectivity index (χ3v) is 3.43. The summed E-state index contributed by atoms with van der Waals surface area (Å²) < 4.78 is 6.27. The van der Waals surface area contributed by atoms with E-state index < -0.39 is 5.97 Å². The maximum absolute atomic E-state index is 11.9. The second-order valence-corrected chi connectivity index (χ2v) is 5.43. The second kappa shape index (κ2) is 6.35. The van der Waals surface area contributed by atoms with Crippen molar-refractivity contribution in [2.75, 3.05) is 17.7 Å². The number of esters is 1. The Morgan fingerprint density at radius 1 is 1.52 bits per heavy atom. The first kappa shape index (κ1) is 15.0. The number of nitrogen functional groups attached to an aromatic ring is 1. The minimum Gasteiger partial charge on any atom is -0.462 e. The van der Waals surface area contributed by atoms with Crippen molar-refractivity contribution in [3.05, 3.63) is 22.8 Å². The molecule has 21 heavy (non-hydrogen) atoms. The van der Waals surface area contributed by atoms with Gasteiger partial charge in [-0.3, -0.25) is 4.79 Å². The van der Waals surface area contributed by atoms with Crippen molar-refractivity contribution in [2.24, 2.45) is 0 Å². The van der Waals surface area contributed by atoms with E-state index in [1.54, 1.807) is 13.0 Å². The number of nitrogens with zero attached hydrogens (tertiary/aromatic N) is 3. The van der Waals surface area contributed by atoms with Crippen molar-refractivity contribution in [3.8, 4) is 0 Å². The van der Waals surface area contributed by atoms with Gasteiger partial charge in [0.15, 0.2) is 0 Å². The summed E-state index contributed by atoms with van der Waals surface area (Å²) in [5.74, 6) is -0.684. The first-order valence-corrected chi connectivity index (χ1v) is 7.03. The predicted octanol–water partition coefficient (Wildman–Crippen LogP) is 1.05. The lowest BCUT2D eigenvalue weighted by molar-refractivity contribution is -0.116. The van der Waals surface area contributed by atoms with Crippen LogP contribution in [0.4, 0.5) is 10.9 Å². The highest BCUT2D eigenvalue weighted by molar-refractivity contribution is 7.16. The molecule has 0 aromatic carbocycles. The maximum atomic E-state index is 11.9. The molecular weight excluding hydrogens is 294 g/mol. The van der Waals surface area contributed by atoms with Crippen LogP contribution in [0.2, 0.25) is 0 Å². The molecule has 2 heterocycles. The van der Waals surface area contributed by atoms with E-state index in [1.807, 2.05) is 6.92 Å². The molecule has 0 saturated heterocycles. The van der Waals surface area contributed by atoms with Gasteiger partial charge in [0.25, 0.3) is 0 Å². The molecule has 2 rings (SSSR count). The third kappa shape index (κ3) is 3.78. The minimum atomic E-state index is -0.456. The normalized spacial score (nSPS) is 10.4. The van der Waals surface area contributed by atoms with Crippen LogP contribution in [0, 0.1) is 6.92 Å². The minimum absolute atomic E-state index is 0.0383. The Kier molecular flexibility index (Phi) is 4.53. The summed E-state index contributed by atoms with van der Waals surface area (Å²) >= 11 is 1.31. The van der Waals surface area contributed by atoms with Gasteiger partial charge in [0.1, 0.15) is 17.9 Å². The van der Waals surface area contributed by atoms with Crippen molar-refractivity contribution >= 4 is 34.2 Å². The SMILES string of the molecule is CCOC(=O)c1cc(C)sc1NC(=O)Cn1cnc(N)n1. The quantitative estimate of drug-likeness (QED) is 0.798. The topological polar surface area (TPSA) is 112 Å². The molecule has 112 valence electrons. The number of carbonyl (C=O) groups is 2. The van der Waals surface area contributed by atoms with Crippen LogP contribution in [0.1, 0.15) is 22.2 Å². The van der Waals surface area contributed by atoms with E-state index in [-0.39, 0.29) is 25.0 Å². The van der Waals surface area contributed by atoms with Crippen LogP contribution in [0.15, 0.2) is 12.4 Å². The van der Waals surface area contributed by atoms with Gasteiger partial charge in [-0.25, -0.2) is 14.5 Å². The molecule has 0 bridgehead atoms. The molecule has 0 aliphatic heterocycles. The van der Waals surface area contributed by atoms with Gasteiger partial charge in [0, 0.05) is 4.88 Å². The average molecular weight is 309 g/mol. The zero-order valence-corrected chi connectivity index (χ0v) is 12.4. The van der Waals surface area contributed by atoms with Crippen LogP contribution in [0.5, 0.6) is 0 Å². The van der Waals surface area contributed by atoms with E-state index in [9.17, 15) is 9.59 Å². The number of aromatic nitrogens is 3. The summed E-state index contributed by atoms with van der Waals surface area (Å²) in [7, 11) is 0. The summed E-state index contributed by atoms with van der Waals surface area (Å²) in [6.45, 7) is 3.81. The fourth-order valence-corrected chi connectivity index (χ4v) is 2.58. The summed E-state index contributed by atoms with van der Waals surface area (Å²) in [6, 6.07) is 1.69. The summed E-state index contributed by atoms with van der Waals surface area (Å²) in [6.07, 6.45) is 1.36. The Balaban J connectivity index is 2.08. The fourth-order valence-electron chi connectivity index (χ4n) is 1.67. The number of carbonyl (C=O) groups excluding carboxylic acids is 2. The molecular formula is C12H15N5O3S. The summed E-state index contributed by atoms with van der Waals surface area (Å²) in [4.78, 5) is 28.4. The Bertz CT molecular complexity index is 664. The number of ether oxygens (including phenoxy) is 1. The number of rotatable bonds is 5. The van der Waals surface area contributed by atoms with Crippen molar-refractivity contribution in [1.29, 1.82) is 0 Å². The molecule has 0 aliphatic carbocycles. The monoisotopic (exact) mass is 309 g/mol. The van der Waals surface area contributed by atoms with Crippen molar-refractivity contribution < 1.29 is 14.3 Å². The van der Waals surface area contributed by atoms with E-state index in [0.29, 0.717) is 10.6 Å². The molecule has 8 nitrogen and oxygen atoms in total. The molecule has 1 amide bonds. The molecule has 0 unspecified atom stereocenters. The standard InChI is InChI=1S/C12H15N5O3S/c1-3-20-11(19)8-4-7(2)21-10(8)15-9(18)5-17-6-14-12(13)16-17/h4,6H,3,5H2,1-2H3,(H2,13,16)(H,15,18). The number of hydrogen-bond donors (Lipinski definition) is 2. The summed E-state index contributed by atoms with van der Waals surface area (Å²) in [5.41, 5.74) is 5.73. The van der Waals surface area contributed by atoms with Gasteiger partial charge in [-0.05, 0) is 19.9 Å². The third-order valence-electron chi connectivity index (χ3n) is 2.46. The number of amides is 1. The zero-order chi connectivity index (χ0) is 15.4. The van der Waals surface area contributed by atoms with Gasteiger partial charge in [0.05, 0.1) is 12.2 Å². The van der Waals surface area contributed by atoms with Crippen molar-refractivity contribution in [3.63, 3.8) is 0 Å². The first-order valence-electron chi connectivity index (χ1n) is 6.22. The number of thiophene rings is 1. The number of anilines is 2. The highest BCUT2D eigenvalue weighted by atomic mass is 32.1. The van der Waals surface area contributed by atoms with E-state index >= 15 is 0 Å². The maximum Gasteiger partial charge on any atom is 0.341 e. The van der Waals surface area contributed by atoms with Crippen LogP contribution in [0.3, 0.4) is 0 Å². The molecule has 0 fully saturated rings. The Morgan fingerprint density at radius 3 is 2.90 bits per heavy atom. The molecule has 0 spiro atoms. The van der Waals surface area contributed by atoms with Gasteiger partial charge in [-0.1, -0.05) is 0 Å². The van der Waals surface area contributed by atoms with Crippen LogP contribution in [0.25, 0.3) is 0 Å². The molecule has 3 N–H and O–H groups in total. The van der Waals surface area contributed by atoms with Crippen LogP contribution < -0.4 is 11.1 Å². The lowest BCUT2D eigenvalue weighted by Crippen LogP contribution is -2.20. The molecule has 2 aromatic heterocycles. The van der Waals surface area contributed by atoms with E-state index in [0.717, 1.165) is 4.88 Å². The van der Waals surface area contributed by atoms with Crippen LogP contribution >= 0.6 is 11.3 Å².